The van der Waals surface area contributed by atoms with E-state index in [4.69, 9.17) is 4.74 Å². The summed E-state index contributed by atoms with van der Waals surface area (Å²) in [5, 5.41) is 9.28. The van der Waals surface area contributed by atoms with Gasteiger partial charge in [-0.2, -0.15) is 0 Å². The predicted octanol–water partition coefficient (Wildman–Crippen LogP) is 4.20. The first-order valence-corrected chi connectivity index (χ1v) is 6.34. The first kappa shape index (κ1) is 14.1. The SMILES string of the molecule is C=C(O)/C1=C(F)/C=N/C(OCc2ccccc2)=C/CC1. The van der Waals surface area contributed by atoms with Gasteiger partial charge < -0.3 is 9.84 Å². The lowest BCUT2D eigenvalue weighted by Crippen LogP contribution is -1.98. The molecule has 1 N–H and O–H groups in total. The van der Waals surface area contributed by atoms with Gasteiger partial charge in [-0.05, 0) is 24.5 Å². The number of hydrogen-bond acceptors (Lipinski definition) is 3. The van der Waals surface area contributed by atoms with Crippen LogP contribution in [0.4, 0.5) is 4.39 Å². The van der Waals surface area contributed by atoms with Gasteiger partial charge in [0.05, 0.1) is 6.21 Å². The Hall–Kier alpha value is -2.36. The monoisotopic (exact) mass is 273 g/mol. The molecule has 3 nitrogen and oxygen atoms in total. The molecule has 0 spiro atoms. The smallest absolute Gasteiger partial charge is 0.209 e. The molecule has 1 heterocycles. The fourth-order valence-corrected chi connectivity index (χ4v) is 1.82. The normalized spacial score (nSPS) is 23.1. The van der Waals surface area contributed by atoms with Gasteiger partial charge in [0, 0.05) is 5.57 Å². The molecule has 1 aromatic carbocycles. The summed E-state index contributed by atoms with van der Waals surface area (Å²) in [5.74, 6) is -0.450. The first-order valence-electron chi connectivity index (χ1n) is 6.34. The maximum atomic E-state index is 13.7. The number of benzene rings is 1. The van der Waals surface area contributed by atoms with Gasteiger partial charge in [0.15, 0.2) is 0 Å². The third kappa shape index (κ3) is 3.82. The van der Waals surface area contributed by atoms with E-state index in [9.17, 15) is 9.50 Å². The maximum absolute atomic E-state index is 13.7. The second-order valence-corrected chi connectivity index (χ2v) is 4.39. The van der Waals surface area contributed by atoms with Gasteiger partial charge in [0.1, 0.15) is 18.2 Å². The van der Waals surface area contributed by atoms with Crippen LogP contribution in [0.25, 0.3) is 0 Å². The van der Waals surface area contributed by atoms with Crippen LogP contribution in [0, 0.1) is 0 Å². The molecule has 0 fully saturated rings. The quantitative estimate of drug-likeness (QED) is 0.835. The van der Waals surface area contributed by atoms with Crippen molar-refractivity contribution in [3.05, 3.63) is 71.6 Å². The van der Waals surface area contributed by atoms with Crippen molar-refractivity contribution in [2.75, 3.05) is 0 Å². The average molecular weight is 273 g/mol. The van der Waals surface area contributed by atoms with Crippen molar-refractivity contribution in [3.63, 3.8) is 0 Å². The van der Waals surface area contributed by atoms with Crippen molar-refractivity contribution in [1.29, 1.82) is 0 Å². The summed E-state index contributed by atoms with van der Waals surface area (Å²) in [5.41, 5.74) is 1.21. The summed E-state index contributed by atoms with van der Waals surface area (Å²) < 4.78 is 19.2. The highest BCUT2D eigenvalue weighted by Crippen LogP contribution is 2.21. The van der Waals surface area contributed by atoms with Gasteiger partial charge in [0.2, 0.25) is 5.88 Å². The van der Waals surface area contributed by atoms with Crippen LogP contribution < -0.4 is 0 Å². The third-order valence-electron chi connectivity index (χ3n) is 2.88. The molecule has 0 atom stereocenters. The number of aliphatic imine (C=N–C) groups is 1. The van der Waals surface area contributed by atoms with E-state index in [1.54, 1.807) is 6.08 Å². The van der Waals surface area contributed by atoms with Crippen molar-refractivity contribution >= 4 is 6.21 Å². The number of aliphatic hydroxyl groups is 1. The van der Waals surface area contributed by atoms with Crippen LogP contribution >= 0.6 is 0 Å². The van der Waals surface area contributed by atoms with Crippen molar-refractivity contribution < 1.29 is 14.2 Å². The number of ether oxygens (including phenoxy) is 1. The third-order valence-corrected chi connectivity index (χ3v) is 2.88. The van der Waals surface area contributed by atoms with Crippen molar-refractivity contribution in [3.8, 4) is 0 Å². The van der Waals surface area contributed by atoms with Crippen molar-refractivity contribution in [1.82, 2.24) is 0 Å². The predicted molar refractivity (Wildman–Crippen MR) is 76.9 cm³/mol. The van der Waals surface area contributed by atoms with Gasteiger partial charge in [-0.25, -0.2) is 9.38 Å². The van der Waals surface area contributed by atoms with Crippen LogP contribution in [0.3, 0.4) is 0 Å². The minimum absolute atomic E-state index is 0.187. The number of hydrogen-bond donors (Lipinski definition) is 1. The van der Waals surface area contributed by atoms with E-state index in [0.29, 0.717) is 25.3 Å². The summed E-state index contributed by atoms with van der Waals surface area (Å²) in [6.45, 7) is 3.72. The number of halogens is 1. The zero-order chi connectivity index (χ0) is 14.4. The lowest BCUT2D eigenvalue weighted by molar-refractivity contribution is 0.195. The lowest BCUT2D eigenvalue weighted by atomic mass is 10.1. The first-order chi connectivity index (χ1) is 9.66. The van der Waals surface area contributed by atoms with E-state index in [1.807, 2.05) is 30.3 Å². The van der Waals surface area contributed by atoms with Gasteiger partial charge in [-0.3, -0.25) is 0 Å². The number of rotatable bonds is 4. The minimum Gasteiger partial charge on any atom is -0.508 e. The Kier molecular flexibility index (Phi) is 4.71. The second-order valence-electron chi connectivity index (χ2n) is 4.39. The molecular formula is C16H16FNO2. The molecule has 0 bridgehead atoms. The Labute approximate surface area is 117 Å². The minimum atomic E-state index is -0.577. The highest BCUT2D eigenvalue weighted by Gasteiger charge is 2.10. The fraction of sp³-hybridized carbons (Fsp3) is 0.188. The molecule has 0 saturated heterocycles. The van der Waals surface area contributed by atoms with E-state index in [-0.39, 0.29) is 11.3 Å². The lowest BCUT2D eigenvalue weighted by Gasteiger charge is -2.10. The Bertz CT molecular complexity index is 573. The van der Waals surface area contributed by atoms with Gasteiger partial charge in [-0.1, -0.05) is 36.9 Å². The van der Waals surface area contributed by atoms with Crippen LogP contribution in [0.5, 0.6) is 0 Å². The van der Waals surface area contributed by atoms with Crippen LogP contribution in [-0.2, 0) is 11.3 Å². The Morgan fingerprint density at radius 1 is 1.35 bits per heavy atom. The van der Waals surface area contributed by atoms with Gasteiger partial charge in [0.25, 0.3) is 0 Å². The van der Waals surface area contributed by atoms with E-state index in [0.717, 1.165) is 11.8 Å². The number of allylic oxidation sites excluding steroid dienone is 3. The Morgan fingerprint density at radius 2 is 2.10 bits per heavy atom. The molecule has 0 aromatic heterocycles. The highest BCUT2D eigenvalue weighted by atomic mass is 19.1. The molecule has 1 aliphatic rings. The van der Waals surface area contributed by atoms with Gasteiger partial charge >= 0.3 is 0 Å². The molecule has 4 heteroatoms. The molecule has 2 rings (SSSR count). The van der Waals surface area contributed by atoms with Crippen LogP contribution in [0.2, 0.25) is 0 Å². The number of nitrogens with zero attached hydrogens (tertiary/aromatic N) is 1. The maximum Gasteiger partial charge on any atom is 0.209 e. The van der Waals surface area contributed by atoms with E-state index < -0.39 is 5.83 Å². The van der Waals surface area contributed by atoms with Crippen LogP contribution in [-0.4, -0.2) is 11.3 Å². The molecule has 0 saturated carbocycles. The Balaban J connectivity index is 2.02. The summed E-state index contributed by atoms with van der Waals surface area (Å²) in [4.78, 5) is 3.94. The molecule has 20 heavy (non-hydrogen) atoms. The molecule has 1 aliphatic heterocycles. The topological polar surface area (TPSA) is 41.8 Å². The number of aliphatic hydroxyl groups excluding tert-OH is 1. The second kappa shape index (κ2) is 6.70. The molecule has 0 unspecified atom stereocenters. The molecule has 0 radical (unpaired) electrons. The molecule has 104 valence electrons. The van der Waals surface area contributed by atoms with E-state index in [1.165, 1.54) is 0 Å². The molecule has 0 aliphatic carbocycles. The van der Waals surface area contributed by atoms with E-state index in [2.05, 4.69) is 11.6 Å². The summed E-state index contributed by atoms with van der Waals surface area (Å²) in [6.07, 6.45) is 3.72. The summed E-state index contributed by atoms with van der Waals surface area (Å²) in [6, 6.07) is 9.68. The molecule has 1 aromatic rings. The van der Waals surface area contributed by atoms with Crippen molar-refractivity contribution in [2.24, 2.45) is 4.99 Å². The molecule has 0 amide bonds. The largest absolute Gasteiger partial charge is 0.508 e. The average Bonchev–Trinajstić information content (AvgIpc) is 2.43. The zero-order valence-electron chi connectivity index (χ0n) is 11.1. The summed E-state index contributed by atoms with van der Waals surface area (Å²) >= 11 is 0. The van der Waals surface area contributed by atoms with E-state index >= 15 is 0 Å². The van der Waals surface area contributed by atoms with Crippen LogP contribution in [0.15, 0.2) is 71.0 Å². The fourth-order valence-electron chi connectivity index (χ4n) is 1.82. The van der Waals surface area contributed by atoms with Gasteiger partial charge in [-0.15, -0.1) is 0 Å². The highest BCUT2D eigenvalue weighted by molar-refractivity contribution is 5.78. The zero-order valence-corrected chi connectivity index (χ0v) is 11.1. The molecular weight excluding hydrogens is 257 g/mol. The van der Waals surface area contributed by atoms with Crippen molar-refractivity contribution in [2.45, 2.75) is 19.4 Å². The van der Waals surface area contributed by atoms with Crippen LogP contribution in [0.1, 0.15) is 18.4 Å². The standard InChI is InChI=1S/C16H16FNO2/c1-12(19)14-8-5-9-16(18-10-15(14)17)20-11-13-6-3-2-4-7-13/h2-4,6-7,9-10,19H,1,5,8,11H2/b15-14-,16-9-,18-10+. The Morgan fingerprint density at radius 3 is 2.80 bits per heavy atom. The summed E-state index contributed by atoms with van der Waals surface area (Å²) in [7, 11) is 0.